The summed E-state index contributed by atoms with van der Waals surface area (Å²) in [5.41, 5.74) is 5.97. The van der Waals surface area contributed by atoms with Crippen molar-refractivity contribution >= 4 is 0 Å². The fourth-order valence-corrected chi connectivity index (χ4v) is 1.68. The van der Waals surface area contributed by atoms with Crippen LogP contribution >= 0.6 is 0 Å². The lowest BCUT2D eigenvalue weighted by Gasteiger charge is -2.28. The van der Waals surface area contributed by atoms with Crippen LogP contribution in [0.3, 0.4) is 0 Å². The Morgan fingerprint density at radius 2 is 2.00 bits per heavy atom. The van der Waals surface area contributed by atoms with Crippen molar-refractivity contribution in [1.82, 2.24) is 4.90 Å². The molecule has 0 bridgehead atoms. The highest BCUT2D eigenvalue weighted by molar-refractivity contribution is 4.77. The minimum absolute atomic E-state index is 0.276. The van der Waals surface area contributed by atoms with Crippen molar-refractivity contribution in [3.63, 3.8) is 0 Å². The molecule has 0 radical (unpaired) electrons. The zero-order chi connectivity index (χ0) is 9.90. The molecule has 0 heterocycles. The van der Waals surface area contributed by atoms with Gasteiger partial charge in [0.1, 0.15) is 0 Å². The van der Waals surface area contributed by atoms with Gasteiger partial charge in [-0.25, -0.2) is 0 Å². The lowest BCUT2D eigenvalue weighted by molar-refractivity contribution is 0.211. The highest BCUT2D eigenvalue weighted by Gasteiger charge is 2.23. The summed E-state index contributed by atoms with van der Waals surface area (Å²) < 4.78 is 0. The van der Waals surface area contributed by atoms with E-state index >= 15 is 0 Å². The van der Waals surface area contributed by atoms with E-state index in [2.05, 4.69) is 25.8 Å². The van der Waals surface area contributed by atoms with Gasteiger partial charge < -0.3 is 10.6 Å². The summed E-state index contributed by atoms with van der Waals surface area (Å²) >= 11 is 0. The van der Waals surface area contributed by atoms with Crippen LogP contribution in [0.5, 0.6) is 0 Å². The number of hydrogen-bond acceptors (Lipinski definition) is 2. The Labute approximate surface area is 82.5 Å². The molecular formula is C11H24N2. The van der Waals surface area contributed by atoms with E-state index in [1.54, 1.807) is 0 Å². The maximum Gasteiger partial charge on any atom is 0.00417 e. The molecule has 1 fully saturated rings. The second-order valence-corrected chi connectivity index (χ2v) is 5.34. The highest BCUT2D eigenvalue weighted by Crippen LogP contribution is 2.32. The van der Waals surface area contributed by atoms with Crippen LogP contribution in [0.2, 0.25) is 0 Å². The molecule has 13 heavy (non-hydrogen) atoms. The molecule has 0 atom stereocenters. The summed E-state index contributed by atoms with van der Waals surface area (Å²) in [5, 5.41) is 0. The molecule has 0 saturated heterocycles. The van der Waals surface area contributed by atoms with Gasteiger partial charge in [0.25, 0.3) is 0 Å². The van der Waals surface area contributed by atoms with Crippen LogP contribution in [0.15, 0.2) is 0 Å². The van der Waals surface area contributed by atoms with Crippen LogP contribution in [-0.2, 0) is 0 Å². The average Bonchev–Trinajstić information content (AvgIpc) is 2.83. The maximum atomic E-state index is 5.70. The van der Waals surface area contributed by atoms with Crippen LogP contribution in [0, 0.1) is 11.3 Å². The Morgan fingerprint density at radius 3 is 2.46 bits per heavy atom. The van der Waals surface area contributed by atoms with Crippen molar-refractivity contribution in [2.24, 2.45) is 17.1 Å². The first-order valence-corrected chi connectivity index (χ1v) is 5.42. The molecule has 0 aromatic heterocycles. The van der Waals surface area contributed by atoms with E-state index in [1.807, 2.05) is 0 Å². The van der Waals surface area contributed by atoms with Crippen LogP contribution in [0.1, 0.15) is 33.1 Å². The Kier molecular flexibility index (Phi) is 3.74. The molecule has 2 heteroatoms. The average molecular weight is 184 g/mol. The van der Waals surface area contributed by atoms with Gasteiger partial charge in [0.2, 0.25) is 0 Å². The first-order chi connectivity index (χ1) is 6.03. The lowest BCUT2D eigenvalue weighted by Crippen LogP contribution is -2.37. The van der Waals surface area contributed by atoms with E-state index in [1.165, 1.54) is 25.8 Å². The molecule has 0 amide bonds. The van der Waals surface area contributed by atoms with Gasteiger partial charge in [0, 0.05) is 6.54 Å². The van der Waals surface area contributed by atoms with Crippen LogP contribution < -0.4 is 5.73 Å². The normalized spacial score (nSPS) is 18.2. The van der Waals surface area contributed by atoms with Gasteiger partial charge in [-0.05, 0) is 37.9 Å². The summed E-state index contributed by atoms with van der Waals surface area (Å²) in [7, 11) is 2.21. The summed E-state index contributed by atoms with van der Waals surface area (Å²) in [5.74, 6) is 1.04. The summed E-state index contributed by atoms with van der Waals surface area (Å²) in [6.07, 6.45) is 4.32. The van der Waals surface area contributed by atoms with E-state index in [0.29, 0.717) is 0 Å². The summed E-state index contributed by atoms with van der Waals surface area (Å²) in [6, 6.07) is 0. The highest BCUT2D eigenvalue weighted by atomic mass is 15.1. The van der Waals surface area contributed by atoms with E-state index in [9.17, 15) is 0 Å². The molecular weight excluding hydrogens is 160 g/mol. The number of rotatable bonds is 6. The largest absolute Gasteiger partial charge is 0.330 e. The van der Waals surface area contributed by atoms with E-state index < -0.39 is 0 Å². The third kappa shape index (κ3) is 4.63. The molecule has 1 rings (SSSR count). The first-order valence-electron chi connectivity index (χ1n) is 5.42. The second-order valence-electron chi connectivity index (χ2n) is 5.34. The molecule has 0 aromatic carbocycles. The minimum atomic E-state index is 0.276. The van der Waals surface area contributed by atoms with Crippen molar-refractivity contribution in [3.8, 4) is 0 Å². The van der Waals surface area contributed by atoms with Crippen molar-refractivity contribution in [2.45, 2.75) is 33.1 Å². The van der Waals surface area contributed by atoms with Crippen molar-refractivity contribution < 1.29 is 0 Å². The van der Waals surface area contributed by atoms with Gasteiger partial charge >= 0.3 is 0 Å². The van der Waals surface area contributed by atoms with E-state index in [-0.39, 0.29) is 5.41 Å². The van der Waals surface area contributed by atoms with Crippen LogP contribution in [0.25, 0.3) is 0 Å². The zero-order valence-electron chi connectivity index (χ0n) is 9.34. The van der Waals surface area contributed by atoms with Gasteiger partial charge in [0.15, 0.2) is 0 Å². The predicted molar refractivity (Wildman–Crippen MR) is 57.7 cm³/mol. The molecule has 1 aliphatic rings. The number of nitrogens with two attached hydrogens (primary N) is 1. The van der Waals surface area contributed by atoms with Gasteiger partial charge in [-0.3, -0.25) is 0 Å². The molecule has 78 valence electrons. The zero-order valence-corrected chi connectivity index (χ0v) is 9.34. The molecule has 1 saturated carbocycles. The summed E-state index contributed by atoms with van der Waals surface area (Å²) in [4.78, 5) is 2.42. The fourth-order valence-electron chi connectivity index (χ4n) is 1.68. The van der Waals surface area contributed by atoms with E-state index in [4.69, 9.17) is 5.73 Å². The number of hydrogen-bond donors (Lipinski definition) is 1. The van der Waals surface area contributed by atoms with Crippen molar-refractivity contribution in [1.29, 1.82) is 0 Å². The molecule has 1 aliphatic carbocycles. The van der Waals surface area contributed by atoms with Gasteiger partial charge in [0.05, 0.1) is 0 Å². The third-order valence-electron chi connectivity index (χ3n) is 2.87. The number of nitrogens with zero attached hydrogens (tertiary/aromatic N) is 1. The van der Waals surface area contributed by atoms with Gasteiger partial charge in [-0.2, -0.15) is 0 Å². The monoisotopic (exact) mass is 184 g/mol. The SMILES string of the molecule is CN(CCC1CC1)CC(C)(C)CN. The Morgan fingerprint density at radius 1 is 1.38 bits per heavy atom. The molecule has 0 spiro atoms. The summed E-state index contributed by atoms with van der Waals surface area (Å²) in [6.45, 7) is 7.62. The smallest absolute Gasteiger partial charge is 0.00417 e. The van der Waals surface area contributed by atoms with Crippen molar-refractivity contribution in [2.75, 3.05) is 26.7 Å². The lowest BCUT2D eigenvalue weighted by atomic mass is 9.93. The first kappa shape index (κ1) is 11.0. The molecule has 2 N–H and O–H groups in total. The Hall–Kier alpha value is -0.0800. The Balaban J connectivity index is 2.11. The molecule has 0 aromatic rings. The van der Waals surface area contributed by atoms with Crippen LogP contribution in [-0.4, -0.2) is 31.6 Å². The van der Waals surface area contributed by atoms with Gasteiger partial charge in [-0.15, -0.1) is 0 Å². The van der Waals surface area contributed by atoms with Gasteiger partial charge in [-0.1, -0.05) is 26.7 Å². The minimum Gasteiger partial charge on any atom is -0.330 e. The van der Waals surface area contributed by atoms with E-state index in [0.717, 1.165) is 19.0 Å². The standard InChI is InChI=1S/C11H24N2/c1-11(2,8-12)9-13(3)7-6-10-4-5-10/h10H,4-9,12H2,1-3H3. The predicted octanol–water partition coefficient (Wildman–Crippen LogP) is 1.70. The maximum absolute atomic E-state index is 5.70. The quantitative estimate of drug-likeness (QED) is 0.681. The topological polar surface area (TPSA) is 29.3 Å². The molecule has 0 unspecified atom stereocenters. The molecule has 2 nitrogen and oxygen atoms in total. The molecule has 0 aliphatic heterocycles. The van der Waals surface area contributed by atoms with Crippen LogP contribution in [0.4, 0.5) is 0 Å². The fraction of sp³-hybridized carbons (Fsp3) is 1.00. The van der Waals surface area contributed by atoms with Crippen molar-refractivity contribution in [3.05, 3.63) is 0 Å². The Bertz CT molecular complexity index is 150. The third-order valence-corrected chi connectivity index (χ3v) is 2.87. The second kappa shape index (κ2) is 4.43.